The van der Waals surface area contributed by atoms with Crippen molar-refractivity contribution in [3.05, 3.63) is 82.2 Å². The molecule has 4 rings (SSSR count). The van der Waals surface area contributed by atoms with Gasteiger partial charge in [-0.05, 0) is 43.6 Å². The van der Waals surface area contributed by atoms with Gasteiger partial charge in [0.25, 0.3) is 5.91 Å². The second-order valence-corrected chi connectivity index (χ2v) is 6.92. The SMILES string of the molecule is O=C(NC(CN1CCCC1)c1ccccc1)c1cc(=O)c2ccccc2o1. The molecule has 1 aromatic heterocycles. The molecular formula is C22H22N2O3. The van der Waals surface area contributed by atoms with Crippen LogP contribution in [0.15, 0.2) is 69.9 Å². The van der Waals surface area contributed by atoms with Crippen LogP contribution in [0.5, 0.6) is 0 Å². The van der Waals surface area contributed by atoms with Gasteiger partial charge >= 0.3 is 0 Å². The molecule has 138 valence electrons. The van der Waals surface area contributed by atoms with E-state index in [1.54, 1.807) is 24.3 Å². The molecule has 1 N–H and O–H groups in total. The Morgan fingerprint density at radius 1 is 1.04 bits per heavy atom. The van der Waals surface area contributed by atoms with Crippen LogP contribution in [0.3, 0.4) is 0 Å². The number of hydrogen-bond donors (Lipinski definition) is 1. The first-order valence-corrected chi connectivity index (χ1v) is 9.32. The summed E-state index contributed by atoms with van der Waals surface area (Å²) in [4.78, 5) is 27.5. The van der Waals surface area contributed by atoms with Crippen LogP contribution in [0.1, 0.15) is 35.0 Å². The molecule has 1 aliphatic heterocycles. The summed E-state index contributed by atoms with van der Waals surface area (Å²) < 4.78 is 5.69. The lowest BCUT2D eigenvalue weighted by Gasteiger charge is -2.24. The van der Waals surface area contributed by atoms with Crippen molar-refractivity contribution in [1.82, 2.24) is 10.2 Å². The maximum absolute atomic E-state index is 12.8. The molecule has 1 unspecified atom stereocenters. The predicted molar refractivity (Wildman–Crippen MR) is 105 cm³/mol. The Balaban J connectivity index is 1.60. The average Bonchev–Trinajstić information content (AvgIpc) is 3.21. The highest BCUT2D eigenvalue weighted by Crippen LogP contribution is 2.19. The monoisotopic (exact) mass is 362 g/mol. The van der Waals surface area contributed by atoms with Gasteiger partial charge in [-0.2, -0.15) is 0 Å². The molecule has 27 heavy (non-hydrogen) atoms. The minimum atomic E-state index is -0.370. The van der Waals surface area contributed by atoms with Crippen LogP contribution in [-0.4, -0.2) is 30.4 Å². The van der Waals surface area contributed by atoms with Crippen LogP contribution in [-0.2, 0) is 0 Å². The van der Waals surface area contributed by atoms with Crippen molar-refractivity contribution in [1.29, 1.82) is 0 Å². The zero-order valence-electron chi connectivity index (χ0n) is 15.1. The van der Waals surface area contributed by atoms with Crippen LogP contribution in [0.25, 0.3) is 11.0 Å². The van der Waals surface area contributed by atoms with Gasteiger partial charge in [0.05, 0.1) is 11.4 Å². The molecule has 5 heteroatoms. The minimum Gasteiger partial charge on any atom is -0.451 e. The van der Waals surface area contributed by atoms with E-state index in [0.29, 0.717) is 11.0 Å². The molecule has 3 aromatic rings. The summed E-state index contributed by atoms with van der Waals surface area (Å²) in [6.45, 7) is 2.84. The third-order valence-electron chi connectivity index (χ3n) is 5.01. The summed E-state index contributed by atoms with van der Waals surface area (Å²) >= 11 is 0. The van der Waals surface area contributed by atoms with E-state index in [0.717, 1.165) is 25.2 Å². The fourth-order valence-corrected chi connectivity index (χ4v) is 3.59. The van der Waals surface area contributed by atoms with Crippen molar-refractivity contribution in [2.45, 2.75) is 18.9 Å². The van der Waals surface area contributed by atoms with E-state index in [2.05, 4.69) is 10.2 Å². The standard InChI is InChI=1S/C22H22N2O3/c25-19-14-21(27-20-11-5-4-10-17(19)20)22(26)23-18(15-24-12-6-7-13-24)16-8-2-1-3-9-16/h1-5,8-11,14,18H,6-7,12-13,15H2,(H,23,26). The number of nitrogens with zero attached hydrogens (tertiary/aromatic N) is 1. The van der Waals surface area contributed by atoms with Crippen molar-refractivity contribution in [2.75, 3.05) is 19.6 Å². The summed E-state index contributed by atoms with van der Waals surface area (Å²) in [6.07, 6.45) is 2.38. The summed E-state index contributed by atoms with van der Waals surface area (Å²) in [5.41, 5.74) is 1.25. The van der Waals surface area contributed by atoms with E-state index >= 15 is 0 Å². The number of likely N-dealkylation sites (tertiary alicyclic amines) is 1. The van der Waals surface area contributed by atoms with Crippen molar-refractivity contribution in [2.24, 2.45) is 0 Å². The second-order valence-electron chi connectivity index (χ2n) is 6.92. The predicted octanol–water partition coefficient (Wildman–Crippen LogP) is 3.36. The van der Waals surface area contributed by atoms with Gasteiger partial charge in [0.15, 0.2) is 11.2 Å². The first kappa shape index (κ1) is 17.5. The fourth-order valence-electron chi connectivity index (χ4n) is 3.59. The van der Waals surface area contributed by atoms with Crippen molar-refractivity contribution >= 4 is 16.9 Å². The summed E-state index contributed by atoms with van der Waals surface area (Å²) in [5.74, 6) is -0.327. The highest BCUT2D eigenvalue weighted by atomic mass is 16.3. The van der Waals surface area contributed by atoms with Crippen LogP contribution >= 0.6 is 0 Å². The molecular weight excluding hydrogens is 340 g/mol. The number of carbonyl (C=O) groups is 1. The molecule has 0 spiro atoms. The van der Waals surface area contributed by atoms with Gasteiger partial charge in [-0.3, -0.25) is 9.59 Å². The number of fused-ring (bicyclic) bond motifs is 1. The van der Waals surface area contributed by atoms with Crippen molar-refractivity contribution in [3.8, 4) is 0 Å². The number of nitrogens with one attached hydrogen (secondary N) is 1. The van der Waals surface area contributed by atoms with Crippen LogP contribution in [0, 0.1) is 0 Å². The molecule has 0 radical (unpaired) electrons. The number of rotatable bonds is 5. The highest BCUT2D eigenvalue weighted by Gasteiger charge is 2.22. The molecule has 0 bridgehead atoms. The zero-order valence-corrected chi connectivity index (χ0v) is 15.1. The summed E-state index contributed by atoms with van der Waals surface area (Å²) in [7, 11) is 0. The van der Waals surface area contributed by atoms with Crippen molar-refractivity contribution in [3.63, 3.8) is 0 Å². The number of hydrogen-bond acceptors (Lipinski definition) is 4. The van der Waals surface area contributed by atoms with E-state index in [9.17, 15) is 9.59 Å². The topological polar surface area (TPSA) is 62.6 Å². The Bertz CT molecular complexity index is 991. The first-order chi connectivity index (χ1) is 13.2. The molecule has 1 fully saturated rings. The van der Waals surface area contributed by atoms with Gasteiger partial charge < -0.3 is 14.6 Å². The molecule has 2 heterocycles. The largest absolute Gasteiger partial charge is 0.451 e. The Hall–Kier alpha value is -2.92. The number of amides is 1. The maximum Gasteiger partial charge on any atom is 0.287 e. The average molecular weight is 362 g/mol. The van der Waals surface area contributed by atoms with E-state index in [4.69, 9.17) is 4.42 Å². The number of benzene rings is 2. The van der Waals surface area contributed by atoms with Gasteiger partial charge in [0, 0.05) is 12.6 Å². The zero-order chi connectivity index (χ0) is 18.6. The first-order valence-electron chi connectivity index (χ1n) is 9.32. The van der Waals surface area contributed by atoms with Gasteiger partial charge in [0.2, 0.25) is 0 Å². The van der Waals surface area contributed by atoms with E-state index < -0.39 is 0 Å². The molecule has 2 aromatic carbocycles. The number of carbonyl (C=O) groups excluding carboxylic acids is 1. The lowest BCUT2D eigenvalue weighted by Crippen LogP contribution is -2.37. The molecule has 0 saturated carbocycles. The quantitative estimate of drug-likeness (QED) is 0.756. The van der Waals surface area contributed by atoms with Crippen LogP contribution in [0.2, 0.25) is 0 Å². The Labute approximate surface area is 157 Å². The smallest absolute Gasteiger partial charge is 0.287 e. The minimum absolute atomic E-state index is 0.0426. The van der Waals surface area contributed by atoms with Crippen LogP contribution in [0.4, 0.5) is 0 Å². The van der Waals surface area contributed by atoms with Gasteiger partial charge in [-0.25, -0.2) is 0 Å². The third-order valence-corrected chi connectivity index (χ3v) is 5.01. The molecule has 0 aliphatic carbocycles. The normalized spacial score (nSPS) is 15.7. The Morgan fingerprint density at radius 2 is 1.74 bits per heavy atom. The summed E-state index contributed by atoms with van der Waals surface area (Å²) in [6, 6.07) is 18.0. The van der Waals surface area contributed by atoms with Gasteiger partial charge in [-0.15, -0.1) is 0 Å². The second kappa shape index (κ2) is 7.76. The molecule has 1 amide bonds. The Morgan fingerprint density at radius 3 is 2.52 bits per heavy atom. The van der Waals surface area contributed by atoms with E-state index in [1.807, 2.05) is 30.3 Å². The highest BCUT2D eigenvalue weighted by molar-refractivity contribution is 5.93. The Kier molecular flexibility index (Phi) is 5.03. The van der Waals surface area contributed by atoms with Gasteiger partial charge in [0.1, 0.15) is 5.58 Å². The molecule has 1 saturated heterocycles. The number of para-hydroxylation sites is 1. The lowest BCUT2D eigenvalue weighted by molar-refractivity contribution is 0.0899. The van der Waals surface area contributed by atoms with Crippen molar-refractivity contribution < 1.29 is 9.21 Å². The van der Waals surface area contributed by atoms with E-state index in [-0.39, 0.29) is 23.1 Å². The summed E-state index contributed by atoms with van der Waals surface area (Å²) in [5, 5.41) is 3.53. The molecule has 5 nitrogen and oxygen atoms in total. The van der Waals surface area contributed by atoms with Gasteiger partial charge in [-0.1, -0.05) is 42.5 Å². The third kappa shape index (κ3) is 3.93. The lowest BCUT2D eigenvalue weighted by atomic mass is 10.1. The maximum atomic E-state index is 12.8. The molecule has 1 atom stereocenters. The fraction of sp³-hybridized carbons (Fsp3) is 0.273. The molecule has 1 aliphatic rings. The van der Waals surface area contributed by atoms with Crippen LogP contribution < -0.4 is 10.7 Å². The van der Waals surface area contributed by atoms with E-state index in [1.165, 1.54) is 18.9 Å².